The molecular weight excluding hydrogens is 384 g/mol. The lowest BCUT2D eigenvalue weighted by molar-refractivity contribution is -0.139. The van der Waals surface area contributed by atoms with Crippen LogP contribution in [0.3, 0.4) is 0 Å². The van der Waals surface area contributed by atoms with E-state index in [9.17, 15) is 19.5 Å². The zero-order valence-corrected chi connectivity index (χ0v) is 16.9. The van der Waals surface area contributed by atoms with E-state index >= 15 is 0 Å². The van der Waals surface area contributed by atoms with E-state index in [4.69, 9.17) is 4.74 Å². The van der Waals surface area contributed by atoms with Crippen LogP contribution in [0.2, 0.25) is 0 Å². The van der Waals surface area contributed by atoms with Crippen LogP contribution in [0.25, 0.3) is 11.1 Å². The number of benzene rings is 2. The van der Waals surface area contributed by atoms with Crippen molar-refractivity contribution < 1.29 is 24.2 Å². The molecule has 1 aliphatic rings. The lowest BCUT2D eigenvalue weighted by atomic mass is 9.98. The molecule has 3 rings (SSSR count). The molecule has 0 saturated carbocycles. The Balaban J connectivity index is 1.54. The fourth-order valence-electron chi connectivity index (χ4n) is 3.78. The van der Waals surface area contributed by atoms with Crippen molar-refractivity contribution in [3.8, 4) is 11.1 Å². The van der Waals surface area contributed by atoms with Crippen molar-refractivity contribution in [3.63, 3.8) is 0 Å². The van der Waals surface area contributed by atoms with Gasteiger partial charge in [0.15, 0.2) is 0 Å². The molecule has 2 aromatic carbocycles. The third-order valence-corrected chi connectivity index (χ3v) is 5.23. The van der Waals surface area contributed by atoms with Crippen LogP contribution < -0.4 is 10.6 Å². The first kappa shape index (κ1) is 21.4. The number of carbonyl (C=O) groups is 3. The van der Waals surface area contributed by atoms with E-state index in [1.54, 1.807) is 0 Å². The van der Waals surface area contributed by atoms with Gasteiger partial charge in [0.1, 0.15) is 12.6 Å². The van der Waals surface area contributed by atoms with Crippen LogP contribution in [0, 0.1) is 0 Å². The van der Waals surface area contributed by atoms with E-state index in [0.717, 1.165) is 22.3 Å². The van der Waals surface area contributed by atoms with E-state index in [0.29, 0.717) is 19.4 Å². The number of unbranched alkanes of at least 4 members (excludes halogenated alkanes) is 1. The van der Waals surface area contributed by atoms with Crippen LogP contribution in [0.15, 0.2) is 48.5 Å². The monoisotopic (exact) mass is 410 g/mol. The van der Waals surface area contributed by atoms with Crippen molar-refractivity contribution in [2.45, 2.75) is 38.1 Å². The average Bonchev–Trinajstić information content (AvgIpc) is 3.04. The molecule has 0 saturated heterocycles. The number of amides is 2. The van der Waals surface area contributed by atoms with Crippen molar-refractivity contribution in [2.75, 3.05) is 13.2 Å². The van der Waals surface area contributed by atoms with Crippen LogP contribution in [0.4, 0.5) is 4.79 Å². The minimum absolute atomic E-state index is 0.0796. The van der Waals surface area contributed by atoms with Gasteiger partial charge in [0.05, 0.1) is 0 Å². The fourth-order valence-corrected chi connectivity index (χ4v) is 3.78. The summed E-state index contributed by atoms with van der Waals surface area (Å²) in [5.74, 6) is -1.31. The molecule has 7 heteroatoms. The molecule has 0 fully saturated rings. The fraction of sp³-hybridized carbons (Fsp3) is 0.348. The Labute approximate surface area is 175 Å². The highest BCUT2D eigenvalue weighted by Crippen LogP contribution is 2.44. The summed E-state index contributed by atoms with van der Waals surface area (Å²) >= 11 is 0. The summed E-state index contributed by atoms with van der Waals surface area (Å²) in [4.78, 5) is 34.6. The summed E-state index contributed by atoms with van der Waals surface area (Å²) in [6, 6.07) is 15.0. The molecule has 1 aliphatic carbocycles. The van der Waals surface area contributed by atoms with Crippen molar-refractivity contribution in [1.29, 1.82) is 0 Å². The Morgan fingerprint density at radius 2 is 1.60 bits per heavy atom. The van der Waals surface area contributed by atoms with Crippen LogP contribution in [-0.2, 0) is 14.3 Å². The number of alkyl carbamates (subject to hydrolysis) is 1. The molecule has 158 valence electrons. The third-order valence-electron chi connectivity index (χ3n) is 5.23. The molecule has 30 heavy (non-hydrogen) atoms. The Hall–Kier alpha value is -3.35. The molecule has 0 unspecified atom stereocenters. The second-order valence-corrected chi connectivity index (χ2v) is 7.34. The summed E-state index contributed by atoms with van der Waals surface area (Å²) in [6.07, 6.45) is 0.710. The van der Waals surface area contributed by atoms with Gasteiger partial charge in [-0.15, -0.1) is 0 Å². The van der Waals surface area contributed by atoms with Gasteiger partial charge >= 0.3 is 12.1 Å². The molecule has 0 aromatic heterocycles. The topological polar surface area (TPSA) is 105 Å². The lowest BCUT2D eigenvalue weighted by Gasteiger charge is -2.17. The molecule has 0 radical (unpaired) electrons. The second-order valence-electron chi connectivity index (χ2n) is 7.34. The Kier molecular flexibility index (Phi) is 7.06. The number of ether oxygens (including phenoxy) is 1. The molecule has 2 aromatic rings. The van der Waals surface area contributed by atoms with Gasteiger partial charge in [-0.1, -0.05) is 48.5 Å². The third kappa shape index (κ3) is 5.17. The average molecular weight is 410 g/mol. The second kappa shape index (κ2) is 9.91. The number of carboxylic acid groups (broad SMARTS) is 1. The first-order chi connectivity index (χ1) is 14.5. The van der Waals surface area contributed by atoms with Gasteiger partial charge < -0.3 is 20.5 Å². The van der Waals surface area contributed by atoms with E-state index < -0.39 is 18.1 Å². The molecule has 0 spiro atoms. The minimum atomic E-state index is -1.11. The van der Waals surface area contributed by atoms with Gasteiger partial charge in [0, 0.05) is 19.4 Å². The zero-order valence-electron chi connectivity index (χ0n) is 16.9. The van der Waals surface area contributed by atoms with Crippen molar-refractivity contribution >= 4 is 18.0 Å². The minimum Gasteiger partial charge on any atom is -0.480 e. The number of hydrogen-bond acceptors (Lipinski definition) is 4. The normalized spacial score (nSPS) is 13.1. The predicted molar refractivity (Wildman–Crippen MR) is 112 cm³/mol. The number of carboxylic acids is 1. The smallest absolute Gasteiger partial charge is 0.407 e. The highest BCUT2D eigenvalue weighted by atomic mass is 16.5. The van der Waals surface area contributed by atoms with Crippen molar-refractivity contribution in [2.24, 2.45) is 0 Å². The molecule has 0 aliphatic heterocycles. The summed E-state index contributed by atoms with van der Waals surface area (Å²) in [6.45, 7) is 2.04. The van der Waals surface area contributed by atoms with Gasteiger partial charge in [0.2, 0.25) is 5.91 Å². The zero-order chi connectivity index (χ0) is 21.5. The van der Waals surface area contributed by atoms with E-state index in [1.165, 1.54) is 6.92 Å². The number of aliphatic carboxylic acids is 1. The van der Waals surface area contributed by atoms with Gasteiger partial charge in [-0.25, -0.2) is 9.59 Å². The molecule has 1 atom stereocenters. The number of hydrogen-bond donors (Lipinski definition) is 3. The molecule has 2 amide bonds. The molecular formula is C23H26N2O5. The van der Waals surface area contributed by atoms with E-state index in [2.05, 4.69) is 22.8 Å². The Morgan fingerprint density at radius 1 is 1.00 bits per heavy atom. The predicted octanol–water partition coefficient (Wildman–Crippen LogP) is 3.28. The van der Waals surface area contributed by atoms with Crippen LogP contribution in [0.5, 0.6) is 0 Å². The number of fused-ring (bicyclic) bond motifs is 3. The summed E-state index contributed by atoms with van der Waals surface area (Å²) < 4.78 is 5.41. The molecule has 3 N–H and O–H groups in total. The van der Waals surface area contributed by atoms with E-state index in [-0.39, 0.29) is 24.9 Å². The van der Waals surface area contributed by atoms with Gasteiger partial charge in [-0.2, -0.15) is 0 Å². The number of nitrogens with one attached hydrogen (secondary N) is 2. The van der Waals surface area contributed by atoms with Crippen LogP contribution in [0.1, 0.15) is 43.2 Å². The lowest BCUT2D eigenvalue weighted by Crippen LogP contribution is -2.41. The Bertz CT molecular complexity index is 882. The first-order valence-corrected chi connectivity index (χ1v) is 10.1. The largest absolute Gasteiger partial charge is 0.480 e. The number of carbonyl (C=O) groups excluding carboxylic acids is 2. The highest BCUT2D eigenvalue weighted by Gasteiger charge is 2.29. The van der Waals surface area contributed by atoms with Gasteiger partial charge in [-0.3, -0.25) is 4.79 Å². The van der Waals surface area contributed by atoms with Gasteiger partial charge in [0.25, 0.3) is 0 Å². The molecule has 7 nitrogen and oxygen atoms in total. The SMILES string of the molecule is CC(=O)NCCCC[C@@H](NC(=O)OCC1c2ccccc2-c2ccccc21)C(=O)O. The van der Waals surface area contributed by atoms with Crippen molar-refractivity contribution in [1.82, 2.24) is 10.6 Å². The summed E-state index contributed by atoms with van der Waals surface area (Å²) in [7, 11) is 0. The molecule has 0 bridgehead atoms. The highest BCUT2D eigenvalue weighted by molar-refractivity contribution is 5.81. The maximum atomic E-state index is 12.3. The van der Waals surface area contributed by atoms with Crippen LogP contribution in [-0.4, -0.2) is 42.3 Å². The maximum Gasteiger partial charge on any atom is 0.407 e. The van der Waals surface area contributed by atoms with E-state index in [1.807, 2.05) is 36.4 Å². The standard InChI is InChI=1S/C23H26N2O5/c1-15(26)24-13-7-6-12-21(22(27)28)25-23(29)30-14-20-18-10-4-2-8-16(18)17-9-3-5-11-19(17)20/h2-5,8-11,20-21H,6-7,12-14H2,1H3,(H,24,26)(H,25,29)(H,27,28)/t21-/m1/s1. The number of rotatable bonds is 9. The first-order valence-electron chi connectivity index (χ1n) is 10.1. The quantitative estimate of drug-likeness (QED) is 0.550. The van der Waals surface area contributed by atoms with Crippen LogP contribution >= 0.6 is 0 Å². The molecule has 0 heterocycles. The van der Waals surface area contributed by atoms with Crippen molar-refractivity contribution in [3.05, 3.63) is 59.7 Å². The summed E-state index contributed by atoms with van der Waals surface area (Å²) in [5, 5.41) is 14.5. The summed E-state index contributed by atoms with van der Waals surface area (Å²) in [5.41, 5.74) is 4.45. The maximum absolute atomic E-state index is 12.3. The Morgan fingerprint density at radius 3 is 2.17 bits per heavy atom. The van der Waals surface area contributed by atoms with Gasteiger partial charge in [-0.05, 0) is 41.5 Å².